The smallest absolute Gasteiger partial charge is 0.166 e. The molecule has 0 aromatic heterocycles. The maximum absolute atomic E-state index is 12.4. The Balaban J connectivity index is 2.02. The Morgan fingerprint density at radius 1 is 1.26 bits per heavy atom. The first-order valence-corrected chi connectivity index (χ1v) is 7.13. The quantitative estimate of drug-likeness (QED) is 0.847. The normalized spacial score (nSPS) is 23.4. The van der Waals surface area contributed by atoms with Crippen molar-refractivity contribution in [1.82, 2.24) is 0 Å². The van der Waals surface area contributed by atoms with Gasteiger partial charge >= 0.3 is 0 Å². The van der Waals surface area contributed by atoms with E-state index in [2.05, 4.69) is 0 Å². The molecule has 1 aromatic carbocycles. The van der Waals surface area contributed by atoms with Crippen molar-refractivity contribution in [2.24, 2.45) is 11.7 Å². The Hall–Kier alpha value is -1.35. The lowest BCUT2D eigenvalue weighted by Crippen LogP contribution is -2.31. The van der Waals surface area contributed by atoms with Gasteiger partial charge in [-0.05, 0) is 57.4 Å². The van der Waals surface area contributed by atoms with Gasteiger partial charge in [0.15, 0.2) is 5.78 Å². The van der Waals surface area contributed by atoms with E-state index in [1.54, 1.807) is 0 Å². The van der Waals surface area contributed by atoms with Gasteiger partial charge in [-0.3, -0.25) is 4.79 Å². The number of ketones is 1. The number of ether oxygens (including phenoxy) is 1. The number of benzene rings is 1. The van der Waals surface area contributed by atoms with Crippen molar-refractivity contribution >= 4 is 5.78 Å². The van der Waals surface area contributed by atoms with Crippen molar-refractivity contribution in [3.8, 4) is 5.75 Å². The first-order chi connectivity index (χ1) is 9.06. The highest BCUT2D eigenvalue weighted by Crippen LogP contribution is 2.27. The molecule has 0 heterocycles. The molecule has 1 aliphatic rings. The molecule has 3 nitrogen and oxygen atoms in total. The molecule has 1 fully saturated rings. The van der Waals surface area contributed by atoms with E-state index in [9.17, 15) is 4.79 Å². The molecule has 0 radical (unpaired) electrons. The van der Waals surface area contributed by atoms with Crippen molar-refractivity contribution < 1.29 is 9.53 Å². The van der Waals surface area contributed by atoms with E-state index in [4.69, 9.17) is 10.5 Å². The lowest BCUT2D eigenvalue weighted by Gasteiger charge is -2.25. The molecule has 0 spiro atoms. The second-order valence-electron chi connectivity index (χ2n) is 5.68. The molecule has 3 heteroatoms. The van der Waals surface area contributed by atoms with Crippen LogP contribution in [-0.2, 0) is 0 Å². The van der Waals surface area contributed by atoms with Gasteiger partial charge in [-0.15, -0.1) is 0 Å². The second kappa shape index (κ2) is 6.20. The third kappa shape index (κ3) is 3.80. The van der Waals surface area contributed by atoms with Crippen LogP contribution >= 0.6 is 0 Å². The molecule has 2 unspecified atom stereocenters. The van der Waals surface area contributed by atoms with Gasteiger partial charge in [-0.1, -0.05) is 6.42 Å². The largest absolute Gasteiger partial charge is 0.491 e. The summed E-state index contributed by atoms with van der Waals surface area (Å²) in [6.07, 6.45) is 4.05. The molecule has 1 aliphatic carbocycles. The van der Waals surface area contributed by atoms with Crippen LogP contribution in [0.15, 0.2) is 24.3 Å². The predicted octanol–water partition coefficient (Wildman–Crippen LogP) is 3.17. The topological polar surface area (TPSA) is 52.3 Å². The highest BCUT2D eigenvalue weighted by molar-refractivity contribution is 5.98. The third-order valence-electron chi connectivity index (χ3n) is 3.60. The van der Waals surface area contributed by atoms with E-state index in [1.165, 1.54) is 0 Å². The lowest BCUT2D eigenvalue weighted by atomic mass is 9.81. The number of hydrogen-bond acceptors (Lipinski definition) is 3. The first kappa shape index (κ1) is 14.1. The predicted molar refractivity (Wildman–Crippen MR) is 76.5 cm³/mol. The van der Waals surface area contributed by atoms with Crippen LogP contribution in [0, 0.1) is 5.92 Å². The van der Waals surface area contributed by atoms with Gasteiger partial charge in [0.25, 0.3) is 0 Å². The average Bonchev–Trinajstić information content (AvgIpc) is 2.38. The van der Waals surface area contributed by atoms with E-state index in [-0.39, 0.29) is 23.8 Å². The van der Waals surface area contributed by atoms with Gasteiger partial charge in [0, 0.05) is 17.5 Å². The summed E-state index contributed by atoms with van der Waals surface area (Å²) in [5, 5.41) is 0. The van der Waals surface area contributed by atoms with Crippen molar-refractivity contribution in [2.45, 2.75) is 51.7 Å². The van der Waals surface area contributed by atoms with Crippen LogP contribution in [-0.4, -0.2) is 17.9 Å². The molecule has 0 aliphatic heterocycles. The summed E-state index contributed by atoms with van der Waals surface area (Å²) in [5.74, 6) is 1.14. The summed E-state index contributed by atoms with van der Waals surface area (Å²) in [7, 11) is 0. The van der Waals surface area contributed by atoms with Crippen LogP contribution in [0.4, 0.5) is 0 Å². The number of carbonyl (C=O) groups excluding carboxylic acids is 1. The van der Waals surface area contributed by atoms with Gasteiger partial charge < -0.3 is 10.5 Å². The Morgan fingerprint density at radius 2 is 1.95 bits per heavy atom. The van der Waals surface area contributed by atoms with Gasteiger partial charge in [-0.25, -0.2) is 0 Å². The van der Waals surface area contributed by atoms with Crippen molar-refractivity contribution in [2.75, 3.05) is 0 Å². The SMILES string of the molecule is CC(C)Oc1ccc(C(=O)C2CCCC(N)C2)cc1. The van der Waals surface area contributed by atoms with E-state index in [1.807, 2.05) is 38.1 Å². The van der Waals surface area contributed by atoms with Gasteiger partial charge in [0.05, 0.1) is 6.10 Å². The van der Waals surface area contributed by atoms with Crippen LogP contribution in [0.5, 0.6) is 5.75 Å². The zero-order chi connectivity index (χ0) is 13.8. The summed E-state index contributed by atoms with van der Waals surface area (Å²) in [6.45, 7) is 3.98. The van der Waals surface area contributed by atoms with Crippen LogP contribution in [0.3, 0.4) is 0 Å². The number of rotatable bonds is 4. The Morgan fingerprint density at radius 3 is 2.53 bits per heavy atom. The summed E-state index contributed by atoms with van der Waals surface area (Å²) in [6, 6.07) is 7.65. The molecule has 0 bridgehead atoms. The maximum atomic E-state index is 12.4. The molecular formula is C16H23NO2. The van der Waals surface area contributed by atoms with Crippen molar-refractivity contribution in [3.63, 3.8) is 0 Å². The van der Waals surface area contributed by atoms with E-state index in [0.717, 1.165) is 37.0 Å². The fourth-order valence-electron chi connectivity index (χ4n) is 2.67. The van der Waals surface area contributed by atoms with Gasteiger partial charge in [0.2, 0.25) is 0 Å². The van der Waals surface area contributed by atoms with Crippen molar-refractivity contribution in [1.29, 1.82) is 0 Å². The molecular weight excluding hydrogens is 238 g/mol. The fraction of sp³-hybridized carbons (Fsp3) is 0.562. The molecule has 1 saturated carbocycles. The standard InChI is InChI=1S/C16H23NO2/c1-11(2)19-15-8-6-12(7-9-15)16(18)13-4-3-5-14(17)10-13/h6-9,11,13-14H,3-5,10,17H2,1-2H3. The zero-order valence-electron chi connectivity index (χ0n) is 11.8. The number of Topliss-reactive ketones (excluding diaryl/α,β-unsaturated/α-hetero) is 1. The molecule has 104 valence electrons. The average molecular weight is 261 g/mol. The highest BCUT2D eigenvalue weighted by Gasteiger charge is 2.26. The highest BCUT2D eigenvalue weighted by atomic mass is 16.5. The number of hydrogen-bond donors (Lipinski definition) is 1. The van der Waals surface area contributed by atoms with Crippen LogP contribution in [0.25, 0.3) is 0 Å². The Bertz CT molecular complexity index is 425. The van der Waals surface area contributed by atoms with Crippen LogP contribution < -0.4 is 10.5 Å². The Labute approximate surface area is 115 Å². The van der Waals surface area contributed by atoms with Crippen LogP contribution in [0.2, 0.25) is 0 Å². The third-order valence-corrected chi connectivity index (χ3v) is 3.60. The van der Waals surface area contributed by atoms with Crippen molar-refractivity contribution in [3.05, 3.63) is 29.8 Å². The summed E-state index contributed by atoms with van der Waals surface area (Å²) in [4.78, 5) is 12.4. The molecule has 2 rings (SSSR count). The van der Waals surface area contributed by atoms with Gasteiger partial charge in [0.1, 0.15) is 5.75 Å². The summed E-state index contributed by atoms with van der Waals surface area (Å²) < 4.78 is 5.58. The molecule has 0 saturated heterocycles. The molecule has 1 aromatic rings. The van der Waals surface area contributed by atoms with Crippen LogP contribution in [0.1, 0.15) is 49.9 Å². The molecule has 2 N–H and O–H groups in total. The van der Waals surface area contributed by atoms with E-state index >= 15 is 0 Å². The van der Waals surface area contributed by atoms with E-state index in [0.29, 0.717) is 0 Å². The monoisotopic (exact) mass is 261 g/mol. The minimum Gasteiger partial charge on any atom is -0.491 e. The fourth-order valence-corrected chi connectivity index (χ4v) is 2.67. The number of carbonyl (C=O) groups is 1. The second-order valence-corrected chi connectivity index (χ2v) is 5.68. The molecule has 0 amide bonds. The Kier molecular flexibility index (Phi) is 4.59. The summed E-state index contributed by atoms with van der Waals surface area (Å²) in [5.41, 5.74) is 6.72. The molecule has 19 heavy (non-hydrogen) atoms. The molecule has 2 atom stereocenters. The first-order valence-electron chi connectivity index (χ1n) is 7.13. The van der Waals surface area contributed by atoms with Gasteiger partial charge in [-0.2, -0.15) is 0 Å². The maximum Gasteiger partial charge on any atom is 0.166 e. The zero-order valence-corrected chi connectivity index (χ0v) is 11.8. The lowest BCUT2D eigenvalue weighted by molar-refractivity contribution is 0.0881. The minimum absolute atomic E-state index is 0.0978. The van der Waals surface area contributed by atoms with E-state index < -0.39 is 0 Å². The summed E-state index contributed by atoms with van der Waals surface area (Å²) >= 11 is 0. The number of nitrogens with two attached hydrogens (primary N) is 1. The minimum atomic E-state index is 0.0978.